The fourth-order valence-corrected chi connectivity index (χ4v) is 4.90. The Hall–Kier alpha value is -4.42. The van der Waals surface area contributed by atoms with Crippen molar-refractivity contribution in [3.63, 3.8) is 0 Å². The molecule has 0 unspecified atom stereocenters. The number of halogens is 3. The third-order valence-electron chi connectivity index (χ3n) is 6.86. The minimum atomic E-state index is -4.54. The van der Waals surface area contributed by atoms with Crippen molar-refractivity contribution in [2.45, 2.75) is 45.2 Å². The molecule has 1 heterocycles. The van der Waals surface area contributed by atoms with Crippen molar-refractivity contribution in [3.8, 4) is 0 Å². The average molecular weight is 599 g/mol. The van der Waals surface area contributed by atoms with E-state index in [1.165, 1.54) is 4.90 Å². The zero-order valence-electron chi connectivity index (χ0n) is 24.0. The van der Waals surface area contributed by atoms with Crippen molar-refractivity contribution in [2.24, 2.45) is 0 Å². The van der Waals surface area contributed by atoms with Crippen LogP contribution in [0.1, 0.15) is 37.0 Å². The molecule has 3 aromatic carbocycles. The number of urea groups is 1. The molecule has 12 heteroatoms. The molecule has 1 aliphatic rings. The van der Waals surface area contributed by atoms with Gasteiger partial charge in [-0.2, -0.15) is 13.2 Å². The number of fused-ring (bicyclic) bond motifs is 1. The fourth-order valence-electron chi connectivity index (χ4n) is 4.90. The van der Waals surface area contributed by atoms with Crippen LogP contribution in [0.3, 0.4) is 0 Å². The molecule has 0 bridgehead atoms. The van der Waals surface area contributed by atoms with Crippen LogP contribution in [-0.2, 0) is 30.8 Å². The van der Waals surface area contributed by atoms with Crippen LogP contribution in [0.4, 0.5) is 35.0 Å². The summed E-state index contributed by atoms with van der Waals surface area (Å²) in [6.07, 6.45) is -5.86. The number of nitrogens with one attached hydrogen (secondary N) is 3. The second-order valence-corrected chi connectivity index (χ2v) is 9.92. The molecule has 0 fully saturated rings. The van der Waals surface area contributed by atoms with Gasteiger partial charge in [0.25, 0.3) is 5.91 Å². The molecule has 228 valence electrons. The molecule has 0 spiro atoms. The monoisotopic (exact) mass is 598 g/mol. The number of ether oxygens (including phenoxy) is 2. The van der Waals surface area contributed by atoms with Crippen LogP contribution in [0.2, 0.25) is 0 Å². The number of hydrogen-bond donors (Lipinski definition) is 3. The van der Waals surface area contributed by atoms with E-state index in [0.717, 1.165) is 29.8 Å². The number of anilines is 3. The Balaban J connectivity index is 1.67. The number of carbonyl (C=O) groups excluding carboxylic acids is 3. The van der Waals surface area contributed by atoms with Gasteiger partial charge in [-0.05, 0) is 63.2 Å². The predicted molar refractivity (Wildman–Crippen MR) is 156 cm³/mol. The molecule has 43 heavy (non-hydrogen) atoms. The van der Waals surface area contributed by atoms with Gasteiger partial charge < -0.3 is 30.3 Å². The number of benzene rings is 3. The molecule has 3 aromatic rings. The minimum Gasteiger partial charge on any atom is -0.351 e. The van der Waals surface area contributed by atoms with Crippen LogP contribution < -0.4 is 20.9 Å². The average Bonchev–Trinajstić information content (AvgIpc) is 3.17. The Kier molecular flexibility index (Phi) is 9.72. The Morgan fingerprint density at radius 2 is 1.47 bits per heavy atom. The highest BCUT2D eigenvalue weighted by Gasteiger charge is 2.53. The molecule has 0 aromatic heterocycles. The molecule has 0 aliphatic carbocycles. The molecule has 9 nitrogen and oxygen atoms in total. The Morgan fingerprint density at radius 3 is 2.07 bits per heavy atom. The Morgan fingerprint density at radius 1 is 0.884 bits per heavy atom. The largest absolute Gasteiger partial charge is 0.416 e. The molecule has 3 N–H and O–H groups in total. The quantitative estimate of drug-likeness (QED) is 0.242. The normalized spacial score (nSPS) is 16.3. The Bertz CT molecular complexity index is 1440. The lowest BCUT2D eigenvalue weighted by Crippen LogP contribution is -2.56. The number of nitrogens with zero attached hydrogens (tertiary/aromatic N) is 1. The van der Waals surface area contributed by atoms with Gasteiger partial charge in [-0.3, -0.25) is 9.59 Å². The van der Waals surface area contributed by atoms with Crippen molar-refractivity contribution in [1.29, 1.82) is 0 Å². The summed E-state index contributed by atoms with van der Waals surface area (Å²) < 4.78 is 50.4. The van der Waals surface area contributed by atoms with Crippen LogP contribution in [0.5, 0.6) is 0 Å². The van der Waals surface area contributed by atoms with Gasteiger partial charge >= 0.3 is 12.2 Å². The van der Waals surface area contributed by atoms with Crippen molar-refractivity contribution in [2.75, 3.05) is 35.3 Å². The fraction of sp³-hybridized carbons (Fsp3) is 0.323. The van der Waals surface area contributed by atoms with Crippen molar-refractivity contribution >= 4 is 34.9 Å². The second-order valence-electron chi connectivity index (χ2n) is 9.92. The highest BCUT2D eigenvalue weighted by atomic mass is 19.4. The van der Waals surface area contributed by atoms with E-state index in [4.69, 9.17) is 9.47 Å². The number of amides is 4. The van der Waals surface area contributed by atoms with Gasteiger partial charge in [0.1, 0.15) is 0 Å². The lowest BCUT2D eigenvalue weighted by molar-refractivity contribution is -0.138. The number of carbonyl (C=O) groups is 3. The number of aryl methyl sites for hydroxylation is 1. The molecule has 0 saturated heterocycles. The van der Waals surface area contributed by atoms with E-state index in [1.54, 1.807) is 50.2 Å². The smallest absolute Gasteiger partial charge is 0.351 e. The first-order valence-corrected chi connectivity index (χ1v) is 13.7. The van der Waals surface area contributed by atoms with E-state index < -0.39 is 47.8 Å². The first-order valence-electron chi connectivity index (χ1n) is 13.7. The summed E-state index contributed by atoms with van der Waals surface area (Å²) >= 11 is 0. The van der Waals surface area contributed by atoms with Crippen molar-refractivity contribution < 1.29 is 37.0 Å². The maximum atomic E-state index is 14.3. The molecular formula is C31H33F3N4O5. The van der Waals surface area contributed by atoms with Crippen molar-refractivity contribution in [3.05, 3.63) is 89.5 Å². The third-order valence-corrected chi connectivity index (χ3v) is 6.86. The zero-order chi connectivity index (χ0) is 31.2. The SMILES string of the molecule is CCOC(CN1C(=O)[C@@](CC(=O)Nc2ccc(C(F)(F)F)cc2)(NC(=O)Nc2ccc(C)cc2)c2ccccc21)OCC. The van der Waals surface area contributed by atoms with Gasteiger partial charge in [0.2, 0.25) is 5.91 Å². The van der Waals surface area contributed by atoms with Gasteiger partial charge in [-0.15, -0.1) is 0 Å². The van der Waals surface area contributed by atoms with E-state index in [9.17, 15) is 27.6 Å². The highest BCUT2D eigenvalue weighted by molar-refractivity contribution is 6.12. The molecule has 4 rings (SSSR count). The zero-order valence-corrected chi connectivity index (χ0v) is 24.0. The summed E-state index contributed by atoms with van der Waals surface area (Å²) in [5, 5.41) is 8.00. The number of hydrogen-bond acceptors (Lipinski definition) is 5. The van der Waals surface area contributed by atoms with Gasteiger partial charge in [0, 0.05) is 30.2 Å². The summed E-state index contributed by atoms with van der Waals surface area (Å²) in [4.78, 5) is 42.4. The summed E-state index contributed by atoms with van der Waals surface area (Å²) in [6, 6.07) is 16.9. The van der Waals surface area contributed by atoms with E-state index in [1.807, 2.05) is 19.1 Å². The molecule has 0 saturated carbocycles. The maximum Gasteiger partial charge on any atom is 0.416 e. The van der Waals surface area contributed by atoms with E-state index in [-0.39, 0.29) is 12.2 Å². The van der Waals surface area contributed by atoms with E-state index >= 15 is 0 Å². The second kappa shape index (κ2) is 13.3. The summed E-state index contributed by atoms with van der Waals surface area (Å²) in [5.74, 6) is -1.30. The molecule has 1 aliphatic heterocycles. The highest BCUT2D eigenvalue weighted by Crippen LogP contribution is 2.43. The van der Waals surface area contributed by atoms with Crippen LogP contribution in [0, 0.1) is 6.92 Å². The van der Waals surface area contributed by atoms with Crippen LogP contribution in [0.25, 0.3) is 0 Å². The lowest BCUT2D eigenvalue weighted by atomic mass is 9.87. The van der Waals surface area contributed by atoms with E-state index in [0.29, 0.717) is 30.2 Å². The minimum absolute atomic E-state index is 0.0128. The van der Waals surface area contributed by atoms with E-state index in [2.05, 4.69) is 16.0 Å². The van der Waals surface area contributed by atoms with Gasteiger partial charge in [-0.25, -0.2) is 4.79 Å². The van der Waals surface area contributed by atoms with Gasteiger partial charge in [0.15, 0.2) is 11.8 Å². The van der Waals surface area contributed by atoms with Crippen LogP contribution >= 0.6 is 0 Å². The molecule has 1 atom stereocenters. The standard InChI is InChI=1S/C31H33F3N4O5/c1-4-42-27(43-5-2)19-38-25-9-7-6-8-24(25)30(28(38)40,37-29(41)36-23-14-10-20(3)11-15-23)18-26(39)35-22-16-12-21(13-17-22)31(32,33)34/h6-17,27H,4-5,18-19H2,1-3H3,(H,35,39)(H2,36,37,41)/t30-/m0/s1. The van der Waals surface area contributed by atoms with Gasteiger partial charge in [0.05, 0.1) is 24.2 Å². The predicted octanol–water partition coefficient (Wildman–Crippen LogP) is 5.81. The molecule has 4 amide bonds. The first kappa shape index (κ1) is 31.5. The lowest BCUT2D eigenvalue weighted by Gasteiger charge is -2.30. The summed E-state index contributed by atoms with van der Waals surface area (Å²) in [7, 11) is 0. The van der Waals surface area contributed by atoms with Crippen LogP contribution in [0.15, 0.2) is 72.8 Å². The topological polar surface area (TPSA) is 109 Å². The number of para-hydroxylation sites is 1. The molecule has 0 radical (unpaired) electrons. The molecular weight excluding hydrogens is 565 g/mol. The van der Waals surface area contributed by atoms with Crippen LogP contribution in [-0.4, -0.2) is 43.9 Å². The van der Waals surface area contributed by atoms with Crippen molar-refractivity contribution in [1.82, 2.24) is 5.32 Å². The maximum absolute atomic E-state index is 14.3. The number of rotatable bonds is 11. The third kappa shape index (κ3) is 7.33. The summed E-state index contributed by atoms with van der Waals surface area (Å²) in [6.45, 7) is 6.12. The Labute approximate surface area is 247 Å². The number of alkyl halides is 3. The summed E-state index contributed by atoms with van der Waals surface area (Å²) in [5.41, 5.74) is -0.356. The first-order chi connectivity index (χ1) is 20.5. The van der Waals surface area contributed by atoms with Gasteiger partial charge in [-0.1, -0.05) is 35.9 Å².